The van der Waals surface area contributed by atoms with Crippen LogP contribution in [0.3, 0.4) is 0 Å². The Morgan fingerprint density at radius 1 is 0.913 bits per heavy atom. The Labute approximate surface area is 139 Å². The summed E-state index contributed by atoms with van der Waals surface area (Å²) in [5.74, 6) is -1.41. The van der Waals surface area contributed by atoms with E-state index in [0.29, 0.717) is 19.3 Å². The topological polar surface area (TPSA) is 77.5 Å². The molecular formula is C18H30O5. The van der Waals surface area contributed by atoms with E-state index in [4.69, 9.17) is 4.74 Å². The summed E-state index contributed by atoms with van der Waals surface area (Å²) in [6, 6.07) is 0. The number of carbonyl (C=O) groups is 4. The number of ketones is 3. The Kier molecular flexibility index (Phi) is 11.2. The molecule has 0 fully saturated rings. The van der Waals surface area contributed by atoms with E-state index in [1.807, 2.05) is 0 Å². The van der Waals surface area contributed by atoms with Crippen molar-refractivity contribution >= 4 is 23.3 Å². The van der Waals surface area contributed by atoms with Crippen molar-refractivity contribution in [3.8, 4) is 0 Å². The van der Waals surface area contributed by atoms with Gasteiger partial charge in [-0.1, -0.05) is 26.2 Å². The number of methoxy groups -OCH3 is 1. The average molecular weight is 326 g/mol. The van der Waals surface area contributed by atoms with E-state index < -0.39 is 11.8 Å². The molecular weight excluding hydrogens is 296 g/mol. The number of hydrogen-bond acceptors (Lipinski definition) is 5. The van der Waals surface area contributed by atoms with Crippen molar-refractivity contribution in [3.63, 3.8) is 0 Å². The summed E-state index contributed by atoms with van der Waals surface area (Å²) in [5, 5.41) is 0. The number of hydrogen-bond donors (Lipinski definition) is 0. The molecule has 0 heterocycles. The van der Waals surface area contributed by atoms with Crippen molar-refractivity contribution in [2.75, 3.05) is 7.11 Å². The molecule has 0 rings (SSSR count). The molecule has 5 nitrogen and oxygen atoms in total. The highest BCUT2D eigenvalue weighted by atomic mass is 16.5. The highest BCUT2D eigenvalue weighted by Gasteiger charge is 2.25. The van der Waals surface area contributed by atoms with Gasteiger partial charge < -0.3 is 9.53 Å². The van der Waals surface area contributed by atoms with Crippen LogP contribution in [0.1, 0.15) is 72.1 Å². The van der Waals surface area contributed by atoms with Gasteiger partial charge in [0.25, 0.3) is 0 Å². The van der Waals surface area contributed by atoms with Gasteiger partial charge >= 0.3 is 5.97 Å². The molecule has 0 saturated carbocycles. The van der Waals surface area contributed by atoms with Crippen molar-refractivity contribution in [1.29, 1.82) is 0 Å². The van der Waals surface area contributed by atoms with Gasteiger partial charge in [0.05, 0.1) is 13.0 Å². The minimum absolute atomic E-state index is 0.00991. The predicted octanol–water partition coefficient (Wildman–Crippen LogP) is 3.28. The normalized spacial score (nSPS) is 13.2. The van der Waals surface area contributed by atoms with Gasteiger partial charge in [-0.15, -0.1) is 0 Å². The molecule has 23 heavy (non-hydrogen) atoms. The van der Waals surface area contributed by atoms with Gasteiger partial charge in [0.15, 0.2) is 0 Å². The van der Waals surface area contributed by atoms with Crippen LogP contribution in [0.2, 0.25) is 0 Å². The first-order chi connectivity index (χ1) is 10.8. The van der Waals surface area contributed by atoms with Gasteiger partial charge in [-0.05, 0) is 26.7 Å². The molecule has 0 saturated heterocycles. The summed E-state index contributed by atoms with van der Waals surface area (Å²) in [7, 11) is 1.32. The highest BCUT2D eigenvalue weighted by molar-refractivity contribution is 5.89. The summed E-state index contributed by atoms with van der Waals surface area (Å²) in [5.41, 5.74) is 0. The van der Waals surface area contributed by atoms with Gasteiger partial charge in [-0.3, -0.25) is 14.4 Å². The lowest BCUT2D eigenvalue weighted by atomic mass is 9.88. The van der Waals surface area contributed by atoms with Crippen molar-refractivity contribution < 1.29 is 23.9 Å². The number of carbonyl (C=O) groups excluding carboxylic acids is 4. The molecule has 0 unspecified atom stereocenters. The molecule has 2 atom stereocenters. The number of esters is 1. The van der Waals surface area contributed by atoms with E-state index in [2.05, 4.69) is 6.92 Å². The lowest BCUT2D eigenvalue weighted by Gasteiger charge is -2.16. The van der Waals surface area contributed by atoms with Crippen LogP contribution >= 0.6 is 0 Å². The van der Waals surface area contributed by atoms with Crippen LogP contribution in [0.15, 0.2) is 0 Å². The molecule has 0 aromatic heterocycles. The summed E-state index contributed by atoms with van der Waals surface area (Å²) < 4.78 is 4.77. The molecule has 0 aromatic carbocycles. The Morgan fingerprint density at radius 2 is 1.52 bits per heavy atom. The lowest BCUT2D eigenvalue weighted by molar-refractivity contribution is -0.147. The first kappa shape index (κ1) is 21.5. The lowest BCUT2D eigenvalue weighted by Crippen LogP contribution is -2.23. The Morgan fingerprint density at radius 3 is 2.00 bits per heavy atom. The Hall–Kier alpha value is -1.52. The molecule has 0 radical (unpaired) electrons. The van der Waals surface area contributed by atoms with Crippen LogP contribution in [0.4, 0.5) is 0 Å². The monoisotopic (exact) mass is 326 g/mol. The van der Waals surface area contributed by atoms with Crippen molar-refractivity contribution in [2.45, 2.75) is 72.1 Å². The van der Waals surface area contributed by atoms with Crippen LogP contribution in [-0.4, -0.2) is 30.4 Å². The molecule has 0 aliphatic heterocycles. The summed E-state index contributed by atoms with van der Waals surface area (Å²) >= 11 is 0. The van der Waals surface area contributed by atoms with Gasteiger partial charge in [-0.25, -0.2) is 0 Å². The second kappa shape index (κ2) is 12.0. The number of unbranched alkanes of at least 4 members (excludes halogenated alkanes) is 2. The average Bonchev–Trinajstić information content (AvgIpc) is 2.49. The maximum absolute atomic E-state index is 12.2. The van der Waals surface area contributed by atoms with Gasteiger partial charge in [0.1, 0.15) is 17.3 Å². The van der Waals surface area contributed by atoms with Crippen LogP contribution in [0.5, 0.6) is 0 Å². The van der Waals surface area contributed by atoms with Gasteiger partial charge in [-0.2, -0.15) is 0 Å². The third-order valence-corrected chi connectivity index (χ3v) is 4.06. The van der Waals surface area contributed by atoms with Crippen LogP contribution in [0.25, 0.3) is 0 Å². The van der Waals surface area contributed by atoms with Crippen molar-refractivity contribution in [1.82, 2.24) is 0 Å². The first-order valence-electron chi connectivity index (χ1n) is 8.41. The van der Waals surface area contributed by atoms with Crippen molar-refractivity contribution in [2.24, 2.45) is 11.8 Å². The van der Waals surface area contributed by atoms with Gasteiger partial charge in [0, 0.05) is 25.2 Å². The zero-order valence-electron chi connectivity index (χ0n) is 14.9. The molecule has 5 heteroatoms. The third-order valence-electron chi connectivity index (χ3n) is 4.06. The quantitative estimate of drug-likeness (QED) is 0.383. The summed E-state index contributed by atoms with van der Waals surface area (Å²) in [6.07, 6.45) is 4.47. The second-order valence-corrected chi connectivity index (χ2v) is 6.21. The maximum Gasteiger partial charge on any atom is 0.309 e. The van der Waals surface area contributed by atoms with E-state index in [-0.39, 0.29) is 36.2 Å². The molecule has 0 N–H and O–H groups in total. The maximum atomic E-state index is 12.2. The largest absolute Gasteiger partial charge is 0.469 e. The summed E-state index contributed by atoms with van der Waals surface area (Å²) in [4.78, 5) is 46.7. The van der Waals surface area contributed by atoms with E-state index >= 15 is 0 Å². The fraction of sp³-hybridized carbons (Fsp3) is 0.778. The Balaban J connectivity index is 4.59. The first-order valence-corrected chi connectivity index (χ1v) is 8.41. The fourth-order valence-corrected chi connectivity index (χ4v) is 2.57. The molecule has 132 valence electrons. The number of ether oxygens (including phenoxy) is 1. The minimum Gasteiger partial charge on any atom is -0.469 e. The van der Waals surface area contributed by atoms with E-state index in [9.17, 15) is 19.2 Å². The highest BCUT2D eigenvalue weighted by Crippen LogP contribution is 2.20. The van der Waals surface area contributed by atoms with Crippen LogP contribution < -0.4 is 0 Å². The van der Waals surface area contributed by atoms with E-state index in [1.165, 1.54) is 21.0 Å². The number of rotatable bonds is 13. The minimum atomic E-state index is -0.431. The molecule has 0 aliphatic rings. The Bertz CT molecular complexity index is 414. The summed E-state index contributed by atoms with van der Waals surface area (Å²) in [6.45, 7) is 4.99. The molecule has 0 aromatic rings. The van der Waals surface area contributed by atoms with E-state index in [1.54, 1.807) is 0 Å². The second-order valence-electron chi connectivity index (χ2n) is 6.21. The fourth-order valence-electron chi connectivity index (χ4n) is 2.57. The zero-order chi connectivity index (χ0) is 17.8. The smallest absolute Gasteiger partial charge is 0.309 e. The van der Waals surface area contributed by atoms with E-state index in [0.717, 1.165) is 19.3 Å². The third kappa shape index (κ3) is 9.97. The SMILES string of the molecule is CCCCC[C@H](CC(=O)C[C@@H](CCC(C)=O)C(C)=O)C(=O)OC. The van der Waals surface area contributed by atoms with Crippen LogP contribution in [-0.2, 0) is 23.9 Å². The molecule has 0 bridgehead atoms. The van der Waals surface area contributed by atoms with Crippen LogP contribution in [0, 0.1) is 11.8 Å². The predicted molar refractivity (Wildman–Crippen MR) is 88.0 cm³/mol. The zero-order valence-corrected chi connectivity index (χ0v) is 14.9. The molecule has 0 amide bonds. The van der Waals surface area contributed by atoms with Gasteiger partial charge in [0.2, 0.25) is 0 Å². The van der Waals surface area contributed by atoms with Crippen molar-refractivity contribution in [3.05, 3.63) is 0 Å². The molecule has 0 spiro atoms. The standard InChI is InChI=1S/C18H30O5/c1-5-6-7-8-16(18(22)23-4)12-17(21)11-15(14(3)20)10-9-13(2)19/h15-16H,5-12H2,1-4H3/t15-,16-/m1/s1. The number of Topliss-reactive ketones (excluding diaryl/α,β-unsaturated/α-hetero) is 3. The molecule has 0 aliphatic carbocycles.